The fraction of sp³-hybridized carbons (Fsp3) is 1.00. The number of ether oxygens (including phenoxy) is 1. The van der Waals surface area contributed by atoms with E-state index in [0.29, 0.717) is 22.9 Å². The third-order valence-electron chi connectivity index (χ3n) is 7.47. The zero-order valence-corrected chi connectivity index (χ0v) is 14.0. The van der Waals surface area contributed by atoms with E-state index < -0.39 is 0 Å². The Kier molecular flexibility index (Phi) is 3.49. The predicted molar refractivity (Wildman–Crippen MR) is 83.4 cm³/mol. The predicted octanol–water partition coefficient (Wildman–Crippen LogP) is 3.98. The summed E-state index contributed by atoms with van der Waals surface area (Å²) in [6, 6.07) is 0.236. The lowest BCUT2D eigenvalue weighted by molar-refractivity contribution is -0.123. The highest BCUT2D eigenvalue weighted by molar-refractivity contribution is 5.11. The Hall–Kier alpha value is -0.0800. The van der Waals surface area contributed by atoms with Gasteiger partial charge in [0.2, 0.25) is 0 Å². The Morgan fingerprint density at radius 3 is 2.25 bits per heavy atom. The summed E-state index contributed by atoms with van der Waals surface area (Å²) >= 11 is 0. The smallest absolute Gasteiger partial charge is 0.0755 e. The molecular formula is C18H33NO. The van der Waals surface area contributed by atoms with Gasteiger partial charge in [-0.3, -0.25) is 0 Å². The van der Waals surface area contributed by atoms with E-state index in [1.807, 2.05) is 0 Å². The number of rotatable bonds is 2. The quantitative estimate of drug-likeness (QED) is 0.830. The maximum absolute atomic E-state index is 6.67. The van der Waals surface area contributed by atoms with Crippen LogP contribution in [-0.4, -0.2) is 18.2 Å². The fourth-order valence-electron chi connectivity index (χ4n) is 5.65. The second-order valence-corrected chi connectivity index (χ2v) is 8.92. The zero-order chi connectivity index (χ0) is 14.7. The monoisotopic (exact) mass is 279 g/mol. The normalized spacial score (nSPS) is 54.3. The van der Waals surface area contributed by atoms with Crippen LogP contribution >= 0.6 is 0 Å². The van der Waals surface area contributed by atoms with E-state index in [1.54, 1.807) is 0 Å². The van der Waals surface area contributed by atoms with E-state index in [4.69, 9.17) is 10.5 Å². The molecule has 2 N–H and O–H groups in total. The third kappa shape index (κ3) is 1.98. The molecule has 7 unspecified atom stereocenters. The summed E-state index contributed by atoms with van der Waals surface area (Å²) in [7, 11) is 0. The Bertz CT molecular complexity index is 368. The van der Waals surface area contributed by atoms with Gasteiger partial charge in [0.05, 0.1) is 12.2 Å². The van der Waals surface area contributed by atoms with Crippen LogP contribution in [0.4, 0.5) is 0 Å². The van der Waals surface area contributed by atoms with Gasteiger partial charge in [0.25, 0.3) is 0 Å². The van der Waals surface area contributed by atoms with Crippen molar-refractivity contribution in [3.05, 3.63) is 0 Å². The van der Waals surface area contributed by atoms with E-state index in [-0.39, 0.29) is 12.1 Å². The molecule has 0 aromatic carbocycles. The average Bonchev–Trinajstić information content (AvgIpc) is 2.66. The molecule has 0 aromatic rings. The number of fused-ring (bicyclic) bond motifs is 2. The molecule has 20 heavy (non-hydrogen) atoms. The van der Waals surface area contributed by atoms with Crippen molar-refractivity contribution in [2.45, 2.75) is 85.0 Å². The van der Waals surface area contributed by atoms with Gasteiger partial charge in [-0.05, 0) is 60.7 Å². The lowest BCUT2D eigenvalue weighted by atomic mass is 9.69. The molecule has 0 saturated heterocycles. The highest BCUT2D eigenvalue weighted by Gasteiger charge is 2.62. The van der Waals surface area contributed by atoms with Crippen molar-refractivity contribution >= 4 is 0 Å². The van der Waals surface area contributed by atoms with Gasteiger partial charge in [-0.15, -0.1) is 0 Å². The van der Waals surface area contributed by atoms with Crippen molar-refractivity contribution < 1.29 is 4.74 Å². The van der Waals surface area contributed by atoms with Gasteiger partial charge in [-0.1, -0.05) is 34.6 Å². The van der Waals surface area contributed by atoms with Gasteiger partial charge in [-0.2, -0.15) is 0 Å². The van der Waals surface area contributed by atoms with Crippen LogP contribution in [0.2, 0.25) is 0 Å². The molecule has 3 rings (SSSR count). The number of hydrogen-bond donors (Lipinski definition) is 1. The molecule has 3 aliphatic rings. The van der Waals surface area contributed by atoms with Gasteiger partial charge in [0.1, 0.15) is 0 Å². The van der Waals surface area contributed by atoms with Gasteiger partial charge >= 0.3 is 0 Å². The first kappa shape index (κ1) is 14.8. The summed E-state index contributed by atoms with van der Waals surface area (Å²) in [5.41, 5.74) is 7.22. The minimum atomic E-state index is 0.236. The fourth-order valence-corrected chi connectivity index (χ4v) is 5.65. The van der Waals surface area contributed by atoms with Crippen LogP contribution in [-0.2, 0) is 4.74 Å². The number of hydrogen-bond acceptors (Lipinski definition) is 2. The summed E-state index contributed by atoms with van der Waals surface area (Å²) in [5.74, 6) is 2.22. The molecule has 0 radical (unpaired) electrons. The van der Waals surface area contributed by atoms with Crippen LogP contribution < -0.4 is 5.73 Å². The van der Waals surface area contributed by atoms with Crippen LogP contribution in [0, 0.1) is 28.6 Å². The second kappa shape index (κ2) is 4.71. The van der Waals surface area contributed by atoms with Gasteiger partial charge in [0.15, 0.2) is 0 Å². The minimum absolute atomic E-state index is 0.236. The summed E-state index contributed by atoms with van der Waals surface area (Å²) in [6.45, 7) is 12.0. The summed E-state index contributed by atoms with van der Waals surface area (Å²) in [4.78, 5) is 0. The van der Waals surface area contributed by atoms with Crippen LogP contribution in [0.3, 0.4) is 0 Å². The zero-order valence-electron chi connectivity index (χ0n) is 14.0. The topological polar surface area (TPSA) is 35.2 Å². The second-order valence-electron chi connectivity index (χ2n) is 8.92. The first-order chi connectivity index (χ1) is 9.25. The Balaban J connectivity index is 1.73. The van der Waals surface area contributed by atoms with E-state index in [1.165, 1.54) is 25.7 Å². The molecule has 0 spiro atoms. The Morgan fingerprint density at radius 2 is 1.75 bits per heavy atom. The first-order valence-corrected chi connectivity index (χ1v) is 8.66. The lowest BCUT2D eigenvalue weighted by Gasteiger charge is -2.44. The molecule has 3 fully saturated rings. The largest absolute Gasteiger partial charge is 0.373 e. The maximum Gasteiger partial charge on any atom is 0.0755 e. The summed E-state index contributed by atoms with van der Waals surface area (Å²) < 4.78 is 6.67. The molecule has 2 heteroatoms. The molecule has 0 heterocycles. The van der Waals surface area contributed by atoms with Crippen LogP contribution in [0.5, 0.6) is 0 Å². The van der Waals surface area contributed by atoms with E-state index in [2.05, 4.69) is 34.6 Å². The van der Waals surface area contributed by atoms with Gasteiger partial charge < -0.3 is 10.5 Å². The third-order valence-corrected chi connectivity index (χ3v) is 7.47. The standard InChI is InChI=1S/C18H33NO/c1-11-8-12(2)16(14(19)9-11)20-15-10-13-6-7-18(15,5)17(13,3)4/h11-16H,6-10,19H2,1-5H3. The molecule has 3 saturated carbocycles. The van der Waals surface area contributed by atoms with Crippen LogP contribution in [0.15, 0.2) is 0 Å². The Labute approximate surface area is 124 Å². The molecule has 3 aliphatic carbocycles. The van der Waals surface area contributed by atoms with Crippen molar-refractivity contribution in [1.82, 2.24) is 0 Å². The van der Waals surface area contributed by atoms with Crippen molar-refractivity contribution in [2.75, 3.05) is 0 Å². The highest BCUT2D eigenvalue weighted by atomic mass is 16.5. The lowest BCUT2D eigenvalue weighted by Crippen LogP contribution is -2.50. The molecule has 0 amide bonds. The van der Waals surface area contributed by atoms with Crippen molar-refractivity contribution in [3.8, 4) is 0 Å². The molecule has 2 bridgehead atoms. The summed E-state index contributed by atoms with van der Waals surface area (Å²) in [6.07, 6.45) is 7.11. The first-order valence-electron chi connectivity index (χ1n) is 8.66. The number of nitrogens with two attached hydrogens (primary N) is 1. The SMILES string of the molecule is CC1CC(C)C(OC2CC3CCC2(C)C3(C)C)C(N)C1. The molecule has 0 aliphatic heterocycles. The molecule has 7 atom stereocenters. The van der Waals surface area contributed by atoms with Crippen LogP contribution in [0.25, 0.3) is 0 Å². The van der Waals surface area contributed by atoms with E-state index in [9.17, 15) is 0 Å². The van der Waals surface area contributed by atoms with Gasteiger partial charge in [0, 0.05) is 6.04 Å². The molecular weight excluding hydrogens is 246 g/mol. The van der Waals surface area contributed by atoms with E-state index >= 15 is 0 Å². The molecule has 2 nitrogen and oxygen atoms in total. The highest BCUT2D eigenvalue weighted by Crippen LogP contribution is 2.66. The average molecular weight is 279 g/mol. The van der Waals surface area contributed by atoms with Crippen LogP contribution in [0.1, 0.15) is 66.7 Å². The van der Waals surface area contributed by atoms with Crippen molar-refractivity contribution in [2.24, 2.45) is 34.3 Å². The minimum Gasteiger partial charge on any atom is -0.373 e. The maximum atomic E-state index is 6.67. The Morgan fingerprint density at radius 1 is 1.05 bits per heavy atom. The molecule has 0 aromatic heterocycles. The van der Waals surface area contributed by atoms with Gasteiger partial charge in [-0.25, -0.2) is 0 Å². The van der Waals surface area contributed by atoms with Crippen molar-refractivity contribution in [3.63, 3.8) is 0 Å². The molecule has 116 valence electrons. The van der Waals surface area contributed by atoms with Crippen molar-refractivity contribution in [1.29, 1.82) is 0 Å². The summed E-state index contributed by atoms with van der Waals surface area (Å²) in [5, 5.41) is 0. The van der Waals surface area contributed by atoms with E-state index in [0.717, 1.165) is 18.3 Å².